The molecule has 1 aromatic carbocycles. The molecule has 4 heteroatoms. The molecule has 0 saturated carbocycles. The minimum absolute atomic E-state index is 0.503. The van der Waals surface area contributed by atoms with Crippen LogP contribution in [0.5, 0.6) is 5.75 Å². The Morgan fingerprint density at radius 3 is 2.56 bits per heavy atom. The molecule has 0 aliphatic carbocycles. The van der Waals surface area contributed by atoms with Gasteiger partial charge in [-0.25, -0.2) is 4.79 Å². The first kappa shape index (κ1) is 12.0. The van der Waals surface area contributed by atoms with Crippen LogP contribution in [-0.4, -0.2) is 18.2 Å². The standard InChI is InChI=1S/C14H12O4/c1-17-11-4-2-10(3-5-11)13-8-6-12(18-13)7-9-14(15)16/h2-9H,1H3,(H,15,16)/b9-7+. The van der Waals surface area contributed by atoms with Gasteiger partial charge >= 0.3 is 5.97 Å². The Labute approximate surface area is 104 Å². The monoisotopic (exact) mass is 244 g/mol. The molecule has 0 amide bonds. The summed E-state index contributed by atoms with van der Waals surface area (Å²) in [6.07, 6.45) is 2.45. The van der Waals surface area contributed by atoms with E-state index >= 15 is 0 Å². The van der Waals surface area contributed by atoms with Crippen molar-refractivity contribution in [1.29, 1.82) is 0 Å². The molecule has 4 nitrogen and oxygen atoms in total. The second kappa shape index (κ2) is 5.23. The van der Waals surface area contributed by atoms with Crippen molar-refractivity contribution >= 4 is 12.0 Å². The highest BCUT2D eigenvalue weighted by molar-refractivity contribution is 5.84. The summed E-state index contributed by atoms with van der Waals surface area (Å²) >= 11 is 0. The van der Waals surface area contributed by atoms with Crippen molar-refractivity contribution in [2.24, 2.45) is 0 Å². The van der Waals surface area contributed by atoms with Crippen LogP contribution in [0, 0.1) is 0 Å². The van der Waals surface area contributed by atoms with Crippen LogP contribution in [0.25, 0.3) is 17.4 Å². The molecule has 2 rings (SSSR count). The van der Waals surface area contributed by atoms with E-state index < -0.39 is 5.97 Å². The Bertz CT molecular complexity index is 564. The smallest absolute Gasteiger partial charge is 0.328 e. The molecule has 0 unspecified atom stereocenters. The predicted octanol–water partition coefficient (Wildman–Crippen LogP) is 3.05. The van der Waals surface area contributed by atoms with Crippen LogP contribution in [0.4, 0.5) is 0 Å². The first-order chi connectivity index (χ1) is 8.69. The van der Waals surface area contributed by atoms with Crippen LogP contribution in [0.1, 0.15) is 5.76 Å². The maximum atomic E-state index is 10.4. The van der Waals surface area contributed by atoms with E-state index in [1.54, 1.807) is 19.2 Å². The maximum absolute atomic E-state index is 10.4. The molecular weight excluding hydrogens is 232 g/mol. The van der Waals surface area contributed by atoms with Crippen molar-refractivity contribution in [3.05, 3.63) is 48.2 Å². The lowest BCUT2D eigenvalue weighted by Crippen LogP contribution is -1.84. The number of rotatable bonds is 4. The van der Waals surface area contributed by atoms with Crippen molar-refractivity contribution < 1.29 is 19.1 Å². The van der Waals surface area contributed by atoms with Crippen LogP contribution >= 0.6 is 0 Å². The van der Waals surface area contributed by atoms with E-state index in [2.05, 4.69) is 0 Å². The first-order valence-corrected chi connectivity index (χ1v) is 5.34. The molecule has 0 atom stereocenters. The normalized spacial score (nSPS) is 10.7. The number of aliphatic carboxylic acids is 1. The van der Waals surface area contributed by atoms with E-state index in [0.717, 1.165) is 17.4 Å². The van der Waals surface area contributed by atoms with Crippen LogP contribution < -0.4 is 4.74 Å². The van der Waals surface area contributed by atoms with Crippen LogP contribution in [0.2, 0.25) is 0 Å². The maximum Gasteiger partial charge on any atom is 0.328 e. The Hall–Kier alpha value is -2.49. The Morgan fingerprint density at radius 1 is 1.22 bits per heavy atom. The first-order valence-electron chi connectivity index (χ1n) is 5.34. The van der Waals surface area contributed by atoms with Gasteiger partial charge in [0.2, 0.25) is 0 Å². The molecule has 0 bridgehead atoms. The lowest BCUT2D eigenvalue weighted by atomic mass is 10.2. The van der Waals surface area contributed by atoms with Gasteiger partial charge in [0, 0.05) is 11.6 Å². The van der Waals surface area contributed by atoms with Gasteiger partial charge in [0.25, 0.3) is 0 Å². The minimum Gasteiger partial charge on any atom is -0.497 e. The quantitative estimate of drug-likeness (QED) is 0.840. The van der Waals surface area contributed by atoms with Gasteiger partial charge in [-0.15, -0.1) is 0 Å². The van der Waals surface area contributed by atoms with Gasteiger partial charge in [-0.05, 0) is 42.5 Å². The highest BCUT2D eigenvalue weighted by Crippen LogP contribution is 2.24. The molecule has 0 aliphatic rings. The molecule has 1 N–H and O–H groups in total. The fourth-order valence-corrected chi connectivity index (χ4v) is 1.51. The summed E-state index contributed by atoms with van der Waals surface area (Å²) in [5.41, 5.74) is 0.908. The number of ether oxygens (including phenoxy) is 1. The second-order valence-electron chi connectivity index (χ2n) is 3.60. The highest BCUT2D eigenvalue weighted by atomic mass is 16.5. The van der Waals surface area contributed by atoms with Crippen LogP contribution in [0.15, 0.2) is 46.9 Å². The number of furan rings is 1. The zero-order valence-corrected chi connectivity index (χ0v) is 9.79. The fourth-order valence-electron chi connectivity index (χ4n) is 1.51. The number of carboxylic acids is 1. The summed E-state index contributed by atoms with van der Waals surface area (Å²) < 4.78 is 10.6. The third-order valence-electron chi connectivity index (χ3n) is 2.39. The second-order valence-corrected chi connectivity index (χ2v) is 3.60. The summed E-state index contributed by atoms with van der Waals surface area (Å²) in [4.78, 5) is 10.4. The molecule has 92 valence electrons. The third-order valence-corrected chi connectivity index (χ3v) is 2.39. The van der Waals surface area contributed by atoms with Crippen LogP contribution in [0.3, 0.4) is 0 Å². The van der Waals surface area contributed by atoms with Gasteiger partial charge in [-0.3, -0.25) is 0 Å². The zero-order chi connectivity index (χ0) is 13.0. The van der Waals surface area contributed by atoms with E-state index in [1.807, 2.05) is 24.3 Å². The largest absolute Gasteiger partial charge is 0.497 e. The van der Waals surface area contributed by atoms with Crippen molar-refractivity contribution in [2.75, 3.05) is 7.11 Å². The summed E-state index contributed by atoms with van der Waals surface area (Å²) in [6.45, 7) is 0. The highest BCUT2D eigenvalue weighted by Gasteiger charge is 2.03. The van der Waals surface area contributed by atoms with E-state index in [-0.39, 0.29) is 0 Å². The Morgan fingerprint density at radius 2 is 1.94 bits per heavy atom. The van der Waals surface area contributed by atoms with Gasteiger partial charge in [0.05, 0.1) is 7.11 Å². The number of hydrogen-bond donors (Lipinski definition) is 1. The summed E-state index contributed by atoms with van der Waals surface area (Å²) in [6, 6.07) is 10.9. The van der Waals surface area contributed by atoms with E-state index in [0.29, 0.717) is 11.5 Å². The van der Waals surface area contributed by atoms with Gasteiger partial charge < -0.3 is 14.3 Å². The van der Waals surface area contributed by atoms with Gasteiger partial charge in [0.15, 0.2) is 0 Å². The number of carboxylic acid groups (broad SMARTS) is 1. The zero-order valence-electron chi connectivity index (χ0n) is 9.79. The summed E-state index contributed by atoms with van der Waals surface area (Å²) in [5, 5.41) is 8.51. The predicted molar refractivity (Wildman–Crippen MR) is 67.4 cm³/mol. The molecule has 0 saturated heterocycles. The molecule has 2 aromatic rings. The molecular formula is C14H12O4. The SMILES string of the molecule is COc1ccc(-c2ccc(/C=C/C(=O)O)o2)cc1. The van der Waals surface area contributed by atoms with E-state index in [4.69, 9.17) is 14.3 Å². The average molecular weight is 244 g/mol. The topological polar surface area (TPSA) is 59.7 Å². The van der Waals surface area contributed by atoms with Gasteiger partial charge in [-0.1, -0.05) is 0 Å². The minimum atomic E-state index is -1.00. The lowest BCUT2D eigenvalue weighted by molar-refractivity contribution is -0.131. The Balaban J connectivity index is 2.20. The third kappa shape index (κ3) is 2.79. The Kier molecular flexibility index (Phi) is 3.48. The molecule has 1 heterocycles. The molecule has 1 aromatic heterocycles. The number of benzene rings is 1. The number of hydrogen-bond acceptors (Lipinski definition) is 3. The number of methoxy groups -OCH3 is 1. The average Bonchev–Trinajstić information content (AvgIpc) is 2.85. The molecule has 0 radical (unpaired) electrons. The van der Waals surface area contributed by atoms with Gasteiger partial charge in [-0.2, -0.15) is 0 Å². The van der Waals surface area contributed by atoms with E-state index in [1.165, 1.54) is 6.08 Å². The van der Waals surface area contributed by atoms with Crippen molar-refractivity contribution in [3.8, 4) is 17.1 Å². The van der Waals surface area contributed by atoms with Crippen molar-refractivity contribution in [3.63, 3.8) is 0 Å². The van der Waals surface area contributed by atoms with Crippen molar-refractivity contribution in [2.45, 2.75) is 0 Å². The fraction of sp³-hybridized carbons (Fsp3) is 0.0714. The molecule has 0 aliphatic heterocycles. The molecule has 18 heavy (non-hydrogen) atoms. The van der Waals surface area contributed by atoms with Crippen LogP contribution in [-0.2, 0) is 4.79 Å². The van der Waals surface area contributed by atoms with E-state index in [9.17, 15) is 4.79 Å². The lowest BCUT2D eigenvalue weighted by Gasteiger charge is -2.00. The molecule has 0 fully saturated rings. The summed E-state index contributed by atoms with van der Waals surface area (Å²) in [5.74, 6) is 0.958. The van der Waals surface area contributed by atoms with Crippen molar-refractivity contribution in [1.82, 2.24) is 0 Å². The van der Waals surface area contributed by atoms with Gasteiger partial charge in [0.1, 0.15) is 17.3 Å². The number of carbonyl (C=O) groups is 1. The summed E-state index contributed by atoms with van der Waals surface area (Å²) in [7, 11) is 1.61. The molecule has 0 spiro atoms.